The van der Waals surface area contributed by atoms with Crippen LogP contribution in [-0.4, -0.2) is 62.0 Å². The second-order valence-corrected chi connectivity index (χ2v) is 5.37. The summed E-state index contributed by atoms with van der Waals surface area (Å²) >= 11 is 0. The van der Waals surface area contributed by atoms with Crippen molar-refractivity contribution < 1.29 is 9.84 Å². The van der Waals surface area contributed by atoms with Crippen molar-refractivity contribution in [2.24, 2.45) is 5.92 Å². The largest absolute Gasteiger partial charge is 0.389 e. The molecule has 1 aliphatic rings. The zero-order valence-electron chi connectivity index (χ0n) is 11.5. The van der Waals surface area contributed by atoms with Crippen LogP contribution in [0.2, 0.25) is 0 Å². The van der Waals surface area contributed by atoms with E-state index in [0.717, 1.165) is 25.6 Å². The molecule has 0 radical (unpaired) electrons. The third-order valence-corrected chi connectivity index (χ3v) is 3.43. The van der Waals surface area contributed by atoms with E-state index in [4.69, 9.17) is 4.74 Å². The number of ether oxygens (including phenoxy) is 1. The van der Waals surface area contributed by atoms with Gasteiger partial charge in [-0.25, -0.2) is 0 Å². The fourth-order valence-corrected chi connectivity index (χ4v) is 2.42. The standard InChI is InChI=1S/C13H28N2O2/c1-11(2)15(9-13(16)10-17-3)8-12-5-4-6-14-7-12/h11-14,16H,4-10H2,1-3H3. The SMILES string of the molecule is COCC(O)CN(CC1CCCNC1)C(C)C. The van der Waals surface area contributed by atoms with E-state index < -0.39 is 0 Å². The molecule has 0 amide bonds. The lowest BCUT2D eigenvalue weighted by atomic mass is 9.98. The molecule has 1 saturated heterocycles. The maximum atomic E-state index is 9.82. The number of nitrogens with one attached hydrogen (secondary N) is 1. The van der Waals surface area contributed by atoms with Crippen molar-refractivity contribution in [3.05, 3.63) is 0 Å². The quantitative estimate of drug-likeness (QED) is 0.692. The van der Waals surface area contributed by atoms with Gasteiger partial charge in [0.15, 0.2) is 0 Å². The molecule has 102 valence electrons. The minimum atomic E-state index is -0.376. The monoisotopic (exact) mass is 244 g/mol. The summed E-state index contributed by atoms with van der Waals surface area (Å²) in [7, 11) is 1.63. The van der Waals surface area contributed by atoms with Crippen LogP contribution in [0.5, 0.6) is 0 Å². The lowest BCUT2D eigenvalue weighted by Crippen LogP contribution is -2.45. The highest BCUT2D eigenvalue weighted by molar-refractivity contribution is 4.76. The van der Waals surface area contributed by atoms with Crippen LogP contribution in [0.15, 0.2) is 0 Å². The van der Waals surface area contributed by atoms with Gasteiger partial charge in [0.1, 0.15) is 0 Å². The Morgan fingerprint density at radius 3 is 2.76 bits per heavy atom. The zero-order valence-corrected chi connectivity index (χ0v) is 11.5. The molecule has 4 nitrogen and oxygen atoms in total. The van der Waals surface area contributed by atoms with Crippen LogP contribution < -0.4 is 5.32 Å². The van der Waals surface area contributed by atoms with E-state index in [1.165, 1.54) is 12.8 Å². The Bertz CT molecular complexity index is 194. The van der Waals surface area contributed by atoms with Crippen molar-refractivity contribution in [1.29, 1.82) is 0 Å². The van der Waals surface area contributed by atoms with E-state index in [9.17, 15) is 5.11 Å². The van der Waals surface area contributed by atoms with E-state index in [-0.39, 0.29) is 6.10 Å². The molecule has 17 heavy (non-hydrogen) atoms. The number of rotatable bonds is 7. The van der Waals surface area contributed by atoms with Crippen LogP contribution in [0, 0.1) is 5.92 Å². The van der Waals surface area contributed by atoms with Crippen LogP contribution in [-0.2, 0) is 4.74 Å². The summed E-state index contributed by atoms with van der Waals surface area (Å²) in [5.74, 6) is 0.723. The average molecular weight is 244 g/mol. The highest BCUT2D eigenvalue weighted by Gasteiger charge is 2.20. The summed E-state index contributed by atoms with van der Waals surface area (Å²) in [6, 6.07) is 0.475. The normalized spacial score (nSPS) is 23.3. The predicted molar refractivity (Wildman–Crippen MR) is 70.2 cm³/mol. The van der Waals surface area contributed by atoms with Crippen LogP contribution >= 0.6 is 0 Å². The number of methoxy groups -OCH3 is 1. The first-order valence-electron chi connectivity index (χ1n) is 6.75. The average Bonchev–Trinajstić information content (AvgIpc) is 2.29. The zero-order chi connectivity index (χ0) is 12.7. The number of piperidine rings is 1. The fourth-order valence-electron chi connectivity index (χ4n) is 2.42. The van der Waals surface area contributed by atoms with E-state index >= 15 is 0 Å². The van der Waals surface area contributed by atoms with E-state index in [0.29, 0.717) is 19.2 Å². The van der Waals surface area contributed by atoms with Crippen molar-refractivity contribution in [2.45, 2.75) is 38.8 Å². The maximum absolute atomic E-state index is 9.82. The van der Waals surface area contributed by atoms with Gasteiger partial charge in [0.2, 0.25) is 0 Å². The highest BCUT2D eigenvalue weighted by Crippen LogP contribution is 2.13. The molecule has 0 aromatic carbocycles. The van der Waals surface area contributed by atoms with Crippen molar-refractivity contribution in [3.63, 3.8) is 0 Å². The van der Waals surface area contributed by atoms with Crippen LogP contribution in [0.4, 0.5) is 0 Å². The second-order valence-electron chi connectivity index (χ2n) is 5.37. The summed E-state index contributed by atoms with van der Waals surface area (Å²) in [6.07, 6.45) is 2.20. The fraction of sp³-hybridized carbons (Fsp3) is 1.00. The molecule has 0 spiro atoms. The van der Waals surface area contributed by atoms with Gasteiger partial charge in [-0.15, -0.1) is 0 Å². The topological polar surface area (TPSA) is 44.7 Å². The van der Waals surface area contributed by atoms with Crippen molar-refractivity contribution in [1.82, 2.24) is 10.2 Å². The summed E-state index contributed by atoms with van der Waals surface area (Å²) in [5, 5.41) is 13.3. The van der Waals surface area contributed by atoms with Gasteiger partial charge in [0.25, 0.3) is 0 Å². The number of aliphatic hydroxyl groups excluding tert-OH is 1. The smallest absolute Gasteiger partial charge is 0.0900 e. The van der Waals surface area contributed by atoms with Gasteiger partial charge in [-0.05, 0) is 45.7 Å². The molecule has 1 aliphatic heterocycles. The predicted octanol–water partition coefficient (Wildman–Crippen LogP) is 0.704. The molecule has 2 unspecified atom stereocenters. The molecule has 4 heteroatoms. The van der Waals surface area contributed by atoms with Gasteiger partial charge >= 0.3 is 0 Å². The lowest BCUT2D eigenvalue weighted by molar-refractivity contribution is 0.0246. The third-order valence-electron chi connectivity index (χ3n) is 3.43. The molecule has 0 aliphatic carbocycles. The molecular formula is C13H28N2O2. The maximum Gasteiger partial charge on any atom is 0.0900 e. The molecule has 2 N–H and O–H groups in total. The molecule has 1 heterocycles. The van der Waals surface area contributed by atoms with Gasteiger partial charge in [-0.2, -0.15) is 0 Å². The first-order valence-corrected chi connectivity index (χ1v) is 6.75. The van der Waals surface area contributed by atoms with Crippen LogP contribution in [0.1, 0.15) is 26.7 Å². The number of hydrogen-bond donors (Lipinski definition) is 2. The van der Waals surface area contributed by atoms with Crippen molar-refractivity contribution in [2.75, 3.05) is 39.9 Å². The Kier molecular flexibility index (Phi) is 7.04. The Hall–Kier alpha value is -0.160. The Morgan fingerprint density at radius 2 is 2.24 bits per heavy atom. The minimum absolute atomic E-state index is 0.376. The summed E-state index contributed by atoms with van der Waals surface area (Å²) in [5.41, 5.74) is 0. The highest BCUT2D eigenvalue weighted by atomic mass is 16.5. The molecule has 0 bridgehead atoms. The third kappa shape index (κ3) is 5.82. The molecule has 0 saturated carbocycles. The van der Waals surface area contributed by atoms with Crippen molar-refractivity contribution >= 4 is 0 Å². The van der Waals surface area contributed by atoms with Gasteiger partial charge in [0, 0.05) is 26.2 Å². The molecule has 1 fully saturated rings. The van der Waals surface area contributed by atoms with Gasteiger partial charge in [0.05, 0.1) is 12.7 Å². The molecular weight excluding hydrogens is 216 g/mol. The minimum Gasteiger partial charge on any atom is -0.389 e. The molecule has 0 aromatic heterocycles. The summed E-state index contributed by atoms with van der Waals surface area (Å²) in [4.78, 5) is 2.36. The van der Waals surface area contributed by atoms with Crippen LogP contribution in [0.25, 0.3) is 0 Å². The van der Waals surface area contributed by atoms with Crippen LogP contribution in [0.3, 0.4) is 0 Å². The molecule has 2 atom stereocenters. The Balaban J connectivity index is 2.36. The summed E-state index contributed by atoms with van der Waals surface area (Å²) < 4.78 is 4.99. The molecule has 0 aromatic rings. The lowest BCUT2D eigenvalue weighted by Gasteiger charge is -2.33. The van der Waals surface area contributed by atoms with Gasteiger partial charge in [-0.3, -0.25) is 4.90 Å². The second kappa shape index (κ2) is 8.03. The summed E-state index contributed by atoms with van der Waals surface area (Å²) in [6.45, 7) is 8.86. The first-order chi connectivity index (χ1) is 8.13. The number of nitrogens with zero attached hydrogens (tertiary/aromatic N) is 1. The van der Waals surface area contributed by atoms with Gasteiger partial charge < -0.3 is 15.2 Å². The molecule has 1 rings (SSSR count). The number of aliphatic hydroxyl groups is 1. The van der Waals surface area contributed by atoms with E-state index in [1.54, 1.807) is 7.11 Å². The van der Waals surface area contributed by atoms with E-state index in [2.05, 4.69) is 24.1 Å². The Labute approximate surface area is 105 Å². The number of hydrogen-bond acceptors (Lipinski definition) is 4. The van der Waals surface area contributed by atoms with Crippen molar-refractivity contribution in [3.8, 4) is 0 Å². The Morgan fingerprint density at radius 1 is 1.47 bits per heavy atom. The van der Waals surface area contributed by atoms with E-state index in [1.807, 2.05) is 0 Å². The van der Waals surface area contributed by atoms with Gasteiger partial charge in [-0.1, -0.05) is 0 Å². The first kappa shape index (κ1) is 14.9.